The van der Waals surface area contributed by atoms with Crippen molar-refractivity contribution in [2.24, 2.45) is 0 Å². The largest absolute Gasteiger partial charge is 0.354 e. The molecular formula is C16H17FN2O3S. The predicted molar refractivity (Wildman–Crippen MR) is 88.2 cm³/mol. The smallest absolute Gasteiger partial charge is 0.224 e. The van der Waals surface area contributed by atoms with Gasteiger partial charge < -0.3 is 10.6 Å². The number of amides is 1. The molecule has 0 heterocycles. The van der Waals surface area contributed by atoms with E-state index < -0.39 is 15.7 Å². The molecule has 0 unspecified atom stereocenters. The van der Waals surface area contributed by atoms with Crippen molar-refractivity contribution in [2.45, 2.75) is 18.2 Å². The van der Waals surface area contributed by atoms with Gasteiger partial charge >= 0.3 is 0 Å². The van der Waals surface area contributed by atoms with E-state index in [0.29, 0.717) is 23.5 Å². The van der Waals surface area contributed by atoms with Crippen molar-refractivity contribution < 1.29 is 17.6 Å². The Morgan fingerprint density at radius 1 is 1.13 bits per heavy atom. The number of hydrogen-bond donors (Lipinski definition) is 2. The molecule has 1 amide bonds. The van der Waals surface area contributed by atoms with Gasteiger partial charge in [0.05, 0.1) is 16.3 Å². The standard InChI is InChI=1S/C16H17FN2O3S/c1-3-16(20)19-14-8-7-11(17)9-15(14)18-12-5-4-6-13(10-12)23(2,21)22/h4-10,18H,3H2,1-2H3,(H,19,20). The molecule has 122 valence electrons. The highest BCUT2D eigenvalue weighted by Crippen LogP contribution is 2.27. The Balaban J connectivity index is 2.36. The SMILES string of the molecule is CCC(=O)Nc1ccc(F)cc1Nc1cccc(S(C)(=O)=O)c1. The summed E-state index contributed by atoms with van der Waals surface area (Å²) >= 11 is 0. The van der Waals surface area contributed by atoms with Gasteiger partial charge in [0.2, 0.25) is 5.91 Å². The van der Waals surface area contributed by atoms with Crippen LogP contribution in [0.3, 0.4) is 0 Å². The first-order valence-corrected chi connectivity index (χ1v) is 8.85. The highest BCUT2D eigenvalue weighted by Gasteiger charge is 2.10. The van der Waals surface area contributed by atoms with Crippen LogP contribution >= 0.6 is 0 Å². The van der Waals surface area contributed by atoms with Crippen LogP contribution in [0.5, 0.6) is 0 Å². The van der Waals surface area contributed by atoms with Crippen LogP contribution in [0.1, 0.15) is 13.3 Å². The summed E-state index contributed by atoms with van der Waals surface area (Å²) in [5.74, 6) is -0.675. The summed E-state index contributed by atoms with van der Waals surface area (Å²) in [6, 6.07) is 10.1. The Labute approximate surface area is 134 Å². The van der Waals surface area contributed by atoms with Crippen LogP contribution in [0.15, 0.2) is 47.4 Å². The van der Waals surface area contributed by atoms with Gasteiger partial charge in [0.1, 0.15) is 5.82 Å². The molecule has 2 aromatic carbocycles. The van der Waals surface area contributed by atoms with Crippen LogP contribution in [-0.2, 0) is 14.6 Å². The summed E-state index contributed by atoms with van der Waals surface area (Å²) in [6.07, 6.45) is 1.40. The highest BCUT2D eigenvalue weighted by atomic mass is 32.2. The first-order chi connectivity index (χ1) is 10.8. The molecule has 0 spiro atoms. The van der Waals surface area contributed by atoms with Gasteiger partial charge in [-0.15, -0.1) is 0 Å². The van der Waals surface area contributed by atoms with Crippen molar-refractivity contribution in [3.63, 3.8) is 0 Å². The number of rotatable bonds is 5. The summed E-state index contributed by atoms with van der Waals surface area (Å²) in [5.41, 5.74) is 1.24. The second-order valence-corrected chi connectivity index (χ2v) is 7.03. The number of benzene rings is 2. The summed E-state index contributed by atoms with van der Waals surface area (Å²) in [5, 5.41) is 5.60. The minimum Gasteiger partial charge on any atom is -0.354 e. The van der Waals surface area contributed by atoms with E-state index in [9.17, 15) is 17.6 Å². The number of carbonyl (C=O) groups is 1. The van der Waals surface area contributed by atoms with Gasteiger partial charge in [-0.3, -0.25) is 4.79 Å². The minimum absolute atomic E-state index is 0.151. The van der Waals surface area contributed by atoms with Gasteiger partial charge in [0.25, 0.3) is 0 Å². The van der Waals surface area contributed by atoms with Gasteiger partial charge in [0, 0.05) is 18.4 Å². The molecule has 0 aliphatic heterocycles. The van der Waals surface area contributed by atoms with E-state index in [0.717, 1.165) is 6.26 Å². The number of anilines is 3. The Morgan fingerprint density at radius 3 is 2.52 bits per heavy atom. The van der Waals surface area contributed by atoms with Crippen molar-refractivity contribution in [3.05, 3.63) is 48.3 Å². The van der Waals surface area contributed by atoms with Crippen LogP contribution < -0.4 is 10.6 Å². The zero-order chi connectivity index (χ0) is 17.0. The molecule has 0 saturated heterocycles. The number of halogens is 1. The van der Waals surface area contributed by atoms with Crippen molar-refractivity contribution in [3.8, 4) is 0 Å². The maximum absolute atomic E-state index is 13.5. The van der Waals surface area contributed by atoms with Crippen LogP contribution in [0.4, 0.5) is 21.5 Å². The molecule has 0 saturated carbocycles. The fraction of sp³-hybridized carbons (Fsp3) is 0.188. The predicted octanol–water partition coefficient (Wildman–Crippen LogP) is 3.32. The molecule has 2 aromatic rings. The molecule has 0 fully saturated rings. The number of hydrogen-bond acceptors (Lipinski definition) is 4. The van der Waals surface area contributed by atoms with E-state index in [-0.39, 0.29) is 10.8 Å². The van der Waals surface area contributed by atoms with Gasteiger partial charge in [0.15, 0.2) is 9.84 Å². The summed E-state index contributed by atoms with van der Waals surface area (Å²) in [7, 11) is -3.34. The lowest BCUT2D eigenvalue weighted by Crippen LogP contribution is -2.11. The molecular weight excluding hydrogens is 319 g/mol. The molecule has 0 atom stereocenters. The third-order valence-corrected chi connectivity index (χ3v) is 4.23. The van der Waals surface area contributed by atoms with Crippen LogP contribution in [-0.4, -0.2) is 20.6 Å². The van der Waals surface area contributed by atoms with E-state index in [1.54, 1.807) is 19.1 Å². The zero-order valence-electron chi connectivity index (χ0n) is 12.8. The fourth-order valence-electron chi connectivity index (χ4n) is 1.93. The van der Waals surface area contributed by atoms with Gasteiger partial charge in [-0.25, -0.2) is 12.8 Å². The fourth-order valence-corrected chi connectivity index (χ4v) is 2.59. The molecule has 23 heavy (non-hydrogen) atoms. The number of carbonyl (C=O) groups excluding carboxylic acids is 1. The highest BCUT2D eigenvalue weighted by molar-refractivity contribution is 7.90. The lowest BCUT2D eigenvalue weighted by molar-refractivity contribution is -0.115. The molecule has 5 nitrogen and oxygen atoms in total. The van der Waals surface area contributed by atoms with Gasteiger partial charge in [-0.1, -0.05) is 13.0 Å². The summed E-state index contributed by atoms with van der Waals surface area (Å²) in [6.45, 7) is 1.71. The normalized spacial score (nSPS) is 11.1. The maximum Gasteiger partial charge on any atom is 0.224 e. The Bertz CT molecular complexity index is 835. The molecule has 2 rings (SSSR count). The number of sulfone groups is 1. The van der Waals surface area contributed by atoms with E-state index in [1.807, 2.05) is 0 Å². The molecule has 2 N–H and O–H groups in total. The van der Waals surface area contributed by atoms with Gasteiger partial charge in [-0.2, -0.15) is 0 Å². The third kappa shape index (κ3) is 4.53. The van der Waals surface area contributed by atoms with Crippen molar-refractivity contribution >= 4 is 32.8 Å². The second kappa shape index (κ2) is 6.78. The first kappa shape index (κ1) is 17.0. The Kier molecular flexibility index (Phi) is 5.00. The lowest BCUT2D eigenvalue weighted by atomic mass is 10.2. The summed E-state index contributed by atoms with van der Waals surface area (Å²) in [4.78, 5) is 11.7. The van der Waals surface area contributed by atoms with Crippen LogP contribution in [0.25, 0.3) is 0 Å². The van der Waals surface area contributed by atoms with Gasteiger partial charge in [-0.05, 0) is 36.4 Å². The van der Waals surface area contributed by atoms with E-state index in [2.05, 4.69) is 10.6 Å². The minimum atomic E-state index is -3.34. The Morgan fingerprint density at radius 2 is 1.87 bits per heavy atom. The number of nitrogens with one attached hydrogen (secondary N) is 2. The van der Waals surface area contributed by atoms with Crippen molar-refractivity contribution in [1.29, 1.82) is 0 Å². The van der Waals surface area contributed by atoms with Crippen molar-refractivity contribution in [1.82, 2.24) is 0 Å². The van der Waals surface area contributed by atoms with E-state index in [4.69, 9.17) is 0 Å². The average molecular weight is 336 g/mol. The van der Waals surface area contributed by atoms with E-state index in [1.165, 1.54) is 30.3 Å². The van der Waals surface area contributed by atoms with Crippen molar-refractivity contribution in [2.75, 3.05) is 16.9 Å². The topological polar surface area (TPSA) is 75.3 Å². The molecule has 0 bridgehead atoms. The zero-order valence-corrected chi connectivity index (χ0v) is 13.6. The second-order valence-electron chi connectivity index (χ2n) is 5.02. The quantitative estimate of drug-likeness (QED) is 0.878. The summed E-state index contributed by atoms with van der Waals surface area (Å²) < 4.78 is 36.7. The molecule has 7 heteroatoms. The van der Waals surface area contributed by atoms with Crippen LogP contribution in [0.2, 0.25) is 0 Å². The van der Waals surface area contributed by atoms with Crippen LogP contribution in [0, 0.1) is 5.82 Å². The Hall–Kier alpha value is -2.41. The van der Waals surface area contributed by atoms with E-state index >= 15 is 0 Å². The molecule has 0 aliphatic carbocycles. The monoisotopic (exact) mass is 336 g/mol. The molecule has 0 aromatic heterocycles. The average Bonchev–Trinajstić information content (AvgIpc) is 2.49. The first-order valence-electron chi connectivity index (χ1n) is 6.96. The molecule has 0 aliphatic rings. The third-order valence-electron chi connectivity index (χ3n) is 3.12. The lowest BCUT2D eigenvalue weighted by Gasteiger charge is -2.13. The maximum atomic E-state index is 13.5. The molecule has 0 radical (unpaired) electrons.